The minimum Gasteiger partial charge on any atom is -0.444 e. The van der Waals surface area contributed by atoms with E-state index in [0.29, 0.717) is 0 Å². The Hall–Kier alpha value is -0.810. The van der Waals surface area contributed by atoms with Gasteiger partial charge in [0.15, 0.2) is 0 Å². The first kappa shape index (κ1) is 14.3. The quantitative estimate of drug-likeness (QED) is 0.760. The van der Waals surface area contributed by atoms with Crippen LogP contribution in [-0.4, -0.2) is 54.0 Å². The van der Waals surface area contributed by atoms with Crippen molar-refractivity contribution >= 4 is 6.09 Å². The molecule has 1 rings (SSSR count). The number of alkyl carbamates (subject to hydrolysis) is 1. The number of nitrogens with one attached hydrogen (secondary N) is 1. The highest BCUT2D eigenvalue weighted by atomic mass is 16.6. The van der Waals surface area contributed by atoms with Gasteiger partial charge in [0.2, 0.25) is 0 Å². The lowest BCUT2D eigenvalue weighted by Crippen LogP contribution is -2.57. The van der Waals surface area contributed by atoms with E-state index in [1.165, 1.54) is 0 Å². The molecule has 0 unspecified atom stereocenters. The summed E-state index contributed by atoms with van der Waals surface area (Å²) in [5.41, 5.74) is -1.03. The van der Waals surface area contributed by atoms with Crippen molar-refractivity contribution in [3.63, 3.8) is 0 Å². The number of amides is 1. The largest absolute Gasteiger partial charge is 0.444 e. The summed E-state index contributed by atoms with van der Waals surface area (Å²) in [6.45, 7) is 7.18. The normalized spacial score (nSPS) is 21.0. The summed E-state index contributed by atoms with van der Waals surface area (Å²) in [5, 5.41) is 12.3. The summed E-state index contributed by atoms with van der Waals surface area (Å²) >= 11 is 0. The molecule has 0 saturated carbocycles. The summed E-state index contributed by atoms with van der Waals surface area (Å²) in [6, 6.07) is 0. The summed E-state index contributed by atoms with van der Waals surface area (Å²) in [5.74, 6) is 0. The van der Waals surface area contributed by atoms with Crippen LogP contribution < -0.4 is 5.32 Å². The molecule has 0 aromatic heterocycles. The van der Waals surface area contributed by atoms with E-state index in [-0.39, 0.29) is 6.61 Å². The van der Waals surface area contributed by atoms with Crippen molar-refractivity contribution in [1.29, 1.82) is 0 Å². The van der Waals surface area contributed by atoms with Gasteiger partial charge in [-0.25, -0.2) is 4.79 Å². The number of hydrogen-bond donors (Lipinski definition) is 2. The van der Waals surface area contributed by atoms with Crippen LogP contribution in [0.3, 0.4) is 0 Å². The molecule has 0 radical (unpaired) electrons. The van der Waals surface area contributed by atoms with E-state index in [4.69, 9.17) is 4.74 Å². The van der Waals surface area contributed by atoms with Crippen LogP contribution in [0.15, 0.2) is 0 Å². The van der Waals surface area contributed by atoms with Crippen LogP contribution in [-0.2, 0) is 4.74 Å². The molecule has 0 bridgehead atoms. The molecule has 1 saturated heterocycles. The second-order valence-electron chi connectivity index (χ2n) is 5.87. The zero-order chi connectivity index (χ0) is 13.1. The first-order valence-corrected chi connectivity index (χ1v) is 6.07. The second kappa shape index (κ2) is 5.23. The lowest BCUT2D eigenvalue weighted by atomic mass is 9.89. The molecule has 1 aliphatic rings. The van der Waals surface area contributed by atoms with Crippen molar-refractivity contribution in [3.05, 3.63) is 0 Å². The zero-order valence-electron chi connectivity index (χ0n) is 11.2. The van der Waals surface area contributed by atoms with Gasteiger partial charge in [0.1, 0.15) is 5.60 Å². The number of rotatable bonds is 2. The van der Waals surface area contributed by atoms with Crippen molar-refractivity contribution in [1.82, 2.24) is 10.2 Å². The van der Waals surface area contributed by atoms with Crippen LogP contribution in [0, 0.1) is 0 Å². The van der Waals surface area contributed by atoms with Gasteiger partial charge in [-0.3, -0.25) is 0 Å². The zero-order valence-corrected chi connectivity index (χ0v) is 11.2. The van der Waals surface area contributed by atoms with Gasteiger partial charge in [0, 0.05) is 13.1 Å². The monoisotopic (exact) mass is 244 g/mol. The number of piperidine rings is 1. The van der Waals surface area contributed by atoms with Crippen molar-refractivity contribution in [2.24, 2.45) is 0 Å². The molecule has 5 nitrogen and oxygen atoms in total. The van der Waals surface area contributed by atoms with Crippen LogP contribution in [0.2, 0.25) is 0 Å². The van der Waals surface area contributed by atoms with Crippen molar-refractivity contribution < 1.29 is 14.6 Å². The van der Waals surface area contributed by atoms with E-state index >= 15 is 0 Å². The maximum atomic E-state index is 11.7. The summed E-state index contributed by atoms with van der Waals surface area (Å²) in [4.78, 5) is 13.9. The lowest BCUT2D eigenvalue weighted by Gasteiger charge is -2.40. The Morgan fingerprint density at radius 2 is 1.94 bits per heavy atom. The van der Waals surface area contributed by atoms with Crippen LogP contribution in [0.1, 0.15) is 33.6 Å². The topological polar surface area (TPSA) is 61.8 Å². The number of likely N-dealkylation sites (tertiary alicyclic amines) is 1. The summed E-state index contributed by atoms with van der Waals surface area (Å²) in [7, 11) is 2.04. The fraction of sp³-hybridized carbons (Fsp3) is 0.917. The van der Waals surface area contributed by atoms with Gasteiger partial charge >= 0.3 is 6.09 Å². The van der Waals surface area contributed by atoms with Crippen molar-refractivity contribution in [2.45, 2.75) is 44.8 Å². The predicted molar refractivity (Wildman–Crippen MR) is 65.9 cm³/mol. The fourth-order valence-electron chi connectivity index (χ4n) is 1.89. The average molecular weight is 244 g/mol. The molecule has 0 aliphatic carbocycles. The number of aliphatic hydroxyl groups excluding tert-OH is 1. The van der Waals surface area contributed by atoms with Gasteiger partial charge in [-0.1, -0.05) is 0 Å². The van der Waals surface area contributed by atoms with Gasteiger partial charge in [0.25, 0.3) is 0 Å². The molecule has 100 valence electrons. The maximum Gasteiger partial charge on any atom is 0.408 e. The molecular weight excluding hydrogens is 220 g/mol. The van der Waals surface area contributed by atoms with Crippen molar-refractivity contribution in [2.75, 3.05) is 26.7 Å². The molecule has 0 aromatic rings. The van der Waals surface area contributed by atoms with E-state index in [2.05, 4.69) is 10.2 Å². The molecule has 1 heterocycles. The number of nitrogens with zero attached hydrogens (tertiary/aromatic N) is 1. The minimum absolute atomic E-state index is 0.0416. The van der Waals surface area contributed by atoms with E-state index in [9.17, 15) is 9.90 Å². The highest BCUT2D eigenvalue weighted by Crippen LogP contribution is 2.21. The van der Waals surface area contributed by atoms with E-state index < -0.39 is 17.2 Å². The Morgan fingerprint density at radius 1 is 1.41 bits per heavy atom. The number of hydrogen-bond acceptors (Lipinski definition) is 4. The molecule has 5 heteroatoms. The minimum atomic E-state index is -0.519. The van der Waals surface area contributed by atoms with E-state index in [1.54, 1.807) is 0 Å². The van der Waals surface area contributed by atoms with Crippen LogP contribution in [0.5, 0.6) is 0 Å². The van der Waals surface area contributed by atoms with Gasteiger partial charge < -0.3 is 20.1 Å². The Morgan fingerprint density at radius 3 is 2.35 bits per heavy atom. The summed E-state index contributed by atoms with van der Waals surface area (Å²) in [6.07, 6.45) is 1.05. The van der Waals surface area contributed by atoms with E-state index in [1.807, 2.05) is 27.8 Å². The first-order chi connectivity index (χ1) is 7.76. The van der Waals surface area contributed by atoms with Gasteiger partial charge in [-0.15, -0.1) is 0 Å². The van der Waals surface area contributed by atoms with Crippen molar-refractivity contribution in [3.8, 4) is 0 Å². The third-order valence-corrected chi connectivity index (χ3v) is 3.01. The Kier molecular flexibility index (Phi) is 4.38. The molecule has 0 aromatic carbocycles. The Balaban J connectivity index is 2.54. The Labute approximate surface area is 103 Å². The number of ether oxygens (including phenoxy) is 1. The number of aliphatic hydroxyl groups is 1. The van der Waals surface area contributed by atoms with Crippen LogP contribution in [0.25, 0.3) is 0 Å². The molecule has 0 atom stereocenters. The highest BCUT2D eigenvalue weighted by Gasteiger charge is 2.35. The van der Waals surface area contributed by atoms with Crippen LogP contribution in [0.4, 0.5) is 4.79 Å². The smallest absolute Gasteiger partial charge is 0.408 e. The molecule has 1 fully saturated rings. The predicted octanol–water partition coefficient (Wildman–Crippen LogP) is 0.968. The molecule has 2 N–H and O–H groups in total. The lowest BCUT2D eigenvalue weighted by molar-refractivity contribution is 0.0294. The second-order valence-corrected chi connectivity index (χ2v) is 5.87. The Bertz CT molecular complexity index is 265. The standard InChI is InChI=1S/C12H24N2O3/c1-11(2,3)17-10(16)13-12(9-15)5-7-14(4)8-6-12/h15H,5-9H2,1-4H3,(H,13,16). The van der Waals surface area contributed by atoms with Gasteiger partial charge in [-0.2, -0.15) is 0 Å². The average Bonchev–Trinajstić information content (AvgIpc) is 2.19. The third kappa shape index (κ3) is 4.52. The van der Waals surface area contributed by atoms with Crippen LogP contribution >= 0.6 is 0 Å². The van der Waals surface area contributed by atoms with Gasteiger partial charge in [-0.05, 0) is 40.7 Å². The van der Waals surface area contributed by atoms with Gasteiger partial charge in [0.05, 0.1) is 12.1 Å². The molecule has 1 amide bonds. The third-order valence-electron chi connectivity index (χ3n) is 3.01. The fourth-order valence-corrected chi connectivity index (χ4v) is 1.89. The molecular formula is C12H24N2O3. The molecule has 1 aliphatic heterocycles. The number of carbonyl (C=O) groups excluding carboxylic acids is 1. The SMILES string of the molecule is CN1CCC(CO)(NC(=O)OC(C)(C)C)CC1. The highest BCUT2D eigenvalue weighted by molar-refractivity contribution is 5.68. The van der Waals surface area contributed by atoms with E-state index in [0.717, 1.165) is 25.9 Å². The number of carbonyl (C=O) groups is 1. The summed E-state index contributed by atoms with van der Waals surface area (Å²) < 4.78 is 5.22. The first-order valence-electron chi connectivity index (χ1n) is 6.07. The maximum absolute atomic E-state index is 11.7. The molecule has 0 spiro atoms. The molecule has 17 heavy (non-hydrogen) atoms.